The molecule has 0 fully saturated rings. The van der Waals surface area contributed by atoms with Crippen molar-refractivity contribution in [2.75, 3.05) is 5.32 Å². The highest BCUT2D eigenvalue weighted by molar-refractivity contribution is 6.30. The van der Waals surface area contributed by atoms with Crippen LogP contribution in [0.1, 0.15) is 5.69 Å². The van der Waals surface area contributed by atoms with Gasteiger partial charge in [0.15, 0.2) is 0 Å². The predicted molar refractivity (Wildman–Crippen MR) is 57.6 cm³/mol. The second-order valence-corrected chi connectivity index (χ2v) is 3.50. The summed E-state index contributed by atoms with van der Waals surface area (Å²) < 4.78 is 1.71. The lowest BCUT2D eigenvalue weighted by atomic mass is 10.4. The van der Waals surface area contributed by atoms with E-state index in [4.69, 9.17) is 11.6 Å². The maximum atomic E-state index is 5.72. The molecule has 0 saturated heterocycles. The first-order valence-corrected chi connectivity index (χ1v) is 4.82. The van der Waals surface area contributed by atoms with Crippen molar-refractivity contribution < 1.29 is 0 Å². The molecule has 0 amide bonds. The van der Waals surface area contributed by atoms with Crippen molar-refractivity contribution in [1.29, 1.82) is 0 Å². The fraction of sp³-hybridized carbons (Fsp3) is 0.222. The lowest BCUT2D eigenvalue weighted by Crippen LogP contribution is -2.06. The second kappa shape index (κ2) is 4.27. The third-order valence-electron chi connectivity index (χ3n) is 1.99. The van der Waals surface area contributed by atoms with Crippen molar-refractivity contribution >= 4 is 17.4 Å². The van der Waals surface area contributed by atoms with Gasteiger partial charge in [0, 0.05) is 13.2 Å². The minimum absolute atomic E-state index is 0.628. The number of aryl methyl sites for hydroxylation is 1. The molecule has 0 atom stereocenters. The van der Waals surface area contributed by atoms with Crippen molar-refractivity contribution in [1.82, 2.24) is 20.0 Å². The number of nitrogens with one attached hydrogen (secondary N) is 1. The highest BCUT2D eigenvalue weighted by Crippen LogP contribution is 2.10. The van der Waals surface area contributed by atoms with E-state index in [0.717, 1.165) is 11.5 Å². The first-order valence-electron chi connectivity index (χ1n) is 4.44. The lowest BCUT2D eigenvalue weighted by molar-refractivity contribution is 0.683. The van der Waals surface area contributed by atoms with Gasteiger partial charge in [-0.1, -0.05) is 16.8 Å². The average molecular weight is 224 g/mol. The van der Waals surface area contributed by atoms with Crippen molar-refractivity contribution in [2.24, 2.45) is 7.05 Å². The normalized spacial score (nSPS) is 10.3. The molecular weight excluding hydrogens is 214 g/mol. The molecule has 2 rings (SSSR count). The predicted octanol–water partition coefficient (Wildman–Crippen LogP) is 1.48. The van der Waals surface area contributed by atoms with Gasteiger partial charge in [0.2, 0.25) is 0 Å². The van der Waals surface area contributed by atoms with Crippen molar-refractivity contribution in [3.63, 3.8) is 0 Å². The summed E-state index contributed by atoms with van der Waals surface area (Å²) in [5, 5.41) is 11.4. The number of nitrogens with zero attached hydrogens (tertiary/aromatic N) is 4. The van der Waals surface area contributed by atoms with E-state index < -0.39 is 0 Å². The van der Waals surface area contributed by atoms with Gasteiger partial charge >= 0.3 is 0 Å². The molecule has 5 nitrogen and oxygen atoms in total. The molecule has 78 valence electrons. The van der Waals surface area contributed by atoms with Gasteiger partial charge in [-0.3, -0.25) is 4.68 Å². The largest absolute Gasteiger partial charge is 0.364 e. The van der Waals surface area contributed by atoms with Crippen molar-refractivity contribution in [3.05, 3.63) is 35.2 Å². The summed E-state index contributed by atoms with van der Waals surface area (Å²) >= 11 is 5.72. The molecule has 1 N–H and O–H groups in total. The fourth-order valence-electron chi connectivity index (χ4n) is 1.13. The Morgan fingerprint density at radius 1 is 1.40 bits per heavy atom. The minimum Gasteiger partial charge on any atom is -0.364 e. The Hall–Kier alpha value is -1.62. The van der Waals surface area contributed by atoms with Gasteiger partial charge in [-0.05, 0) is 12.1 Å². The summed E-state index contributed by atoms with van der Waals surface area (Å²) in [4.78, 5) is 4.11. The molecule has 0 aliphatic heterocycles. The van der Waals surface area contributed by atoms with Crippen LogP contribution in [0.3, 0.4) is 0 Å². The minimum atomic E-state index is 0.628. The van der Waals surface area contributed by atoms with E-state index in [-0.39, 0.29) is 0 Å². The topological polar surface area (TPSA) is 55.6 Å². The molecule has 0 aromatic carbocycles. The molecule has 0 radical (unpaired) electrons. The van der Waals surface area contributed by atoms with Crippen LogP contribution in [0.5, 0.6) is 0 Å². The summed E-state index contributed by atoms with van der Waals surface area (Å²) in [5.41, 5.74) is 0.992. The summed E-state index contributed by atoms with van der Waals surface area (Å²) in [6.07, 6.45) is 3.31. The van der Waals surface area contributed by atoms with Crippen LogP contribution in [0.25, 0.3) is 0 Å². The molecule has 6 heteroatoms. The van der Waals surface area contributed by atoms with Crippen LogP contribution in [-0.2, 0) is 13.6 Å². The van der Waals surface area contributed by atoms with E-state index >= 15 is 0 Å². The molecule has 0 aliphatic rings. The van der Waals surface area contributed by atoms with E-state index in [2.05, 4.69) is 20.6 Å². The summed E-state index contributed by atoms with van der Waals surface area (Å²) in [6, 6.07) is 3.62. The Labute approximate surface area is 92.1 Å². The van der Waals surface area contributed by atoms with Crippen LogP contribution in [0, 0.1) is 0 Å². The second-order valence-electron chi connectivity index (χ2n) is 3.06. The molecule has 0 saturated carbocycles. The number of hydrogen-bond acceptors (Lipinski definition) is 4. The SMILES string of the molecule is Cn1nncc1CNc1ccc(Cl)cn1. The quantitative estimate of drug-likeness (QED) is 0.856. The smallest absolute Gasteiger partial charge is 0.126 e. The molecule has 2 aromatic rings. The molecule has 2 heterocycles. The molecule has 0 aliphatic carbocycles. The zero-order valence-electron chi connectivity index (χ0n) is 8.18. The molecule has 0 spiro atoms. The number of anilines is 1. The standard InChI is InChI=1S/C9H10ClN5/c1-15-8(6-13-14-15)5-12-9-3-2-7(10)4-11-9/h2-4,6H,5H2,1H3,(H,11,12). The van der Waals surface area contributed by atoms with Crippen LogP contribution < -0.4 is 5.32 Å². The monoisotopic (exact) mass is 223 g/mol. The first-order chi connectivity index (χ1) is 7.25. The number of rotatable bonds is 3. The summed E-state index contributed by atoms with van der Waals surface area (Å²) in [5.74, 6) is 0.778. The average Bonchev–Trinajstić information content (AvgIpc) is 2.63. The fourth-order valence-corrected chi connectivity index (χ4v) is 1.24. The Morgan fingerprint density at radius 2 is 2.27 bits per heavy atom. The van der Waals surface area contributed by atoms with Gasteiger partial charge in [0.05, 0.1) is 23.5 Å². The third-order valence-corrected chi connectivity index (χ3v) is 2.21. The number of aromatic nitrogens is 4. The molecular formula is C9H10ClN5. The van der Waals surface area contributed by atoms with E-state index in [1.54, 1.807) is 23.1 Å². The third kappa shape index (κ3) is 2.44. The van der Waals surface area contributed by atoms with Crippen LogP contribution >= 0.6 is 11.6 Å². The van der Waals surface area contributed by atoms with Gasteiger partial charge < -0.3 is 5.32 Å². The van der Waals surface area contributed by atoms with E-state index in [9.17, 15) is 0 Å². The maximum Gasteiger partial charge on any atom is 0.126 e. The lowest BCUT2D eigenvalue weighted by Gasteiger charge is -2.04. The Morgan fingerprint density at radius 3 is 2.87 bits per heavy atom. The van der Waals surface area contributed by atoms with Gasteiger partial charge in [0.25, 0.3) is 0 Å². The van der Waals surface area contributed by atoms with Gasteiger partial charge in [0.1, 0.15) is 5.82 Å². The Bertz CT molecular complexity index is 436. The number of hydrogen-bond donors (Lipinski definition) is 1. The zero-order valence-corrected chi connectivity index (χ0v) is 8.94. The molecule has 2 aromatic heterocycles. The molecule has 15 heavy (non-hydrogen) atoms. The molecule has 0 unspecified atom stereocenters. The summed E-state index contributed by atoms with van der Waals surface area (Å²) in [6.45, 7) is 0.637. The highest BCUT2D eigenvalue weighted by atomic mass is 35.5. The Kier molecular flexibility index (Phi) is 2.82. The molecule has 0 bridgehead atoms. The van der Waals surface area contributed by atoms with Gasteiger partial charge in [-0.25, -0.2) is 4.98 Å². The first kappa shape index (κ1) is 9.92. The number of pyridine rings is 1. The van der Waals surface area contributed by atoms with Crippen LogP contribution in [0.15, 0.2) is 24.5 Å². The van der Waals surface area contributed by atoms with Crippen LogP contribution in [0.4, 0.5) is 5.82 Å². The van der Waals surface area contributed by atoms with Gasteiger partial charge in [-0.15, -0.1) is 5.10 Å². The van der Waals surface area contributed by atoms with Crippen molar-refractivity contribution in [2.45, 2.75) is 6.54 Å². The van der Waals surface area contributed by atoms with Crippen molar-refractivity contribution in [3.8, 4) is 0 Å². The van der Waals surface area contributed by atoms with Crippen LogP contribution in [0.2, 0.25) is 5.02 Å². The van der Waals surface area contributed by atoms with E-state index in [1.807, 2.05) is 13.1 Å². The number of halogens is 1. The zero-order chi connectivity index (χ0) is 10.7. The van der Waals surface area contributed by atoms with Crippen LogP contribution in [-0.4, -0.2) is 20.0 Å². The highest BCUT2D eigenvalue weighted by Gasteiger charge is 1.99. The van der Waals surface area contributed by atoms with Gasteiger partial charge in [-0.2, -0.15) is 0 Å². The maximum absolute atomic E-state index is 5.72. The summed E-state index contributed by atoms with van der Waals surface area (Å²) in [7, 11) is 1.85. The Balaban J connectivity index is 1.99. The van der Waals surface area contributed by atoms with E-state index in [0.29, 0.717) is 11.6 Å². The van der Waals surface area contributed by atoms with E-state index in [1.165, 1.54) is 0 Å².